The van der Waals surface area contributed by atoms with Crippen molar-refractivity contribution in [2.75, 3.05) is 5.88 Å². The molecule has 2 rings (SSSR count). The molecule has 2 heteroatoms. The Hall–Kier alpha value is -0.530. The fourth-order valence-electron chi connectivity index (χ4n) is 3.31. The van der Waals surface area contributed by atoms with Crippen LogP contribution in [0.15, 0.2) is 30.3 Å². The Morgan fingerprint density at radius 1 is 1.11 bits per heavy atom. The van der Waals surface area contributed by atoms with Crippen LogP contribution in [0.5, 0.6) is 0 Å². The minimum atomic E-state index is -0.251. The van der Waals surface area contributed by atoms with Gasteiger partial charge in [0.25, 0.3) is 0 Å². The SMILES string of the molecule is OC(CCCCl)C1(c2ccccc2)CCCCC1. The highest BCUT2D eigenvalue weighted by molar-refractivity contribution is 6.17. The third-order valence-corrected chi connectivity index (χ3v) is 4.61. The molecule has 0 aromatic heterocycles. The topological polar surface area (TPSA) is 20.2 Å². The van der Waals surface area contributed by atoms with Gasteiger partial charge in [0.2, 0.25) is 0 Å². The molecular formula is C16H23ClO. The first-order valence-electron chi connectivity index (χ1n) is 7.09. The van der Waals surface area contributed by atoms with Gasteiger partial charge in [-0.25, -0.2) is 0 Å². The zero-order chi connectivity index (χ0) is 12.8. The first-order chi connectivity index (χ1) is 8.79. The van der Waals surface area contributed by atoms with E-state index in [1.165, 1.54) is 24.8 Å². The lowest BCUT2D eigenvalue weighted by Crippen LogP contribution is -2.41. The van der Waals surface area contributed by atoms with Crippen LogP contribution in [0.4, 0.5) is 0 Å². The summed E-state index contributed by atoms with van der Waals surface area (Å²) in [4.78, 5) is 0. The molecule has 0 radical (unpaired) electrons. The second kappa shape index (κ2) is 6.58. The number of halogens is 1. The molecule has 100 valence electrons. The summed E-state index contributed by atoms with van der Waals surface area (Å²) in [6.07, 6.45) is 7.45. The molecule has 0 aliphatic heterocycles. The van der Waals surface area contributed by atoms with E-state index < -0.39 is 0 Å². The van der Waals surface area contributed by atoms with Crippen LogP contribution in [-0.4, -0.2) is 17.1 Å². The van der Waals surface area contributed by atoms with Crippen molar-refractivity contribution in [2.24, 2.45) is 0 Å². The Labute approximate surface area is 115 Å². The molecule has 1 aliphatic carbocycles. The van der Waals surface area contributed by atoms with Crippen molar-refractivity contribution >= 4 is 11.6 Å². The average molecular weight is 267 g/mol. The molecule has 1 aliphatic rings. The Bertz CT molecular complexity index is 343. The van der Waals surface area contributed by atoms with Crippen molar-refractivity contribution in [1.29, 1.82) is 0 Å². The van der Waals surface area contributed by atoms with Crippen molar-refractivity contribution in [2.45, 2.75) is 56.5 Å². The zero-order valence-corrected chi connectivity index (χ0v) is 11.7. The van der Waals surface area contributed by atoms with Gasteiger partial charge in [-0.15, -0.1) is 11.6 Å². The van der Waals surface area contributed by atoms with Gasteiger partial charge >= 0.3 is 0 Å². The molecule has 0 bridgehead atoms. The third kappa shape index (κ3) is 2.89. The summed E-state index contributed by atoms with van der Waals surface area (Å²) in [5.74, 6) is 0.641. The van der Waals surface area contributed by atoms with Gasteiger partial charge in [0.05, 0.1) is 6.10 Å². The molecule has 1 N–H and O–H groups in total. The maximum atomic E-state index is 10.7. The van der Waals surface area contributed by atoms with E-state index in [1.807, 2.05) is 6.07 Å². The van der Waals surface area contributed by atoms with Gasteiger partial charge in [0.15, 0.2) is 0 Å². The van der Waals surface area contributed by atoms with Crippen LogP contribution >= 0.6 is 11.6 Å². The van der Waals surface area contributed by atoms with E-state index >= 15 is 0 Å². The van der Waals surface area contributed by atoms with Crippen LogP contribution in [0.1, 0.15) is 50.5 Å². The van der Waals surface area contributed by atoms with Crippen molar-refractivity contribution in [3.63, 3.8) is 0 Å². The lowest BCUT2D eigenvalue weighted by molar-refractivity contribution is 0.0466. The van der Waals surface area contributed by atoms with Gasteiger partial charge in [0.1, 0.15) is 0 Å². The van der Waals surface area contributed by atoms with E-state index in [1.54, 1.807) is 0 Å². The smallest absolute Gasteiger partial charge is 0.0637 e. The molecule has 1 saturated carbocycles. The molecule has 1 fully saturated rings. The summed E-state index contributed by atoms with van der Waals surface area (Å²) in [5, 5.41) is 10.7. The van der Waals surface area contributed by atoms with Crippen LogP contribution in [0, 0.1) is 0 Å². The monoisotopic (exact) mass is 266 g/mol. The van der Waals surface area contributed by atoms with Gasteiger partial charge < -0.3 is 5.11 Å². The summed E-state index contributed by atoms with van der Waals surface area (Å²) in [6.45, 7) is 0. The number of hydrogen-bond donors (Lipinski definition) is 1. The number of alkyl halides is 1. The minimum Gasteiger partial charge on any atom is -0.392 e. The second-order valence-electron chi connectivity index (χ2n) is 5.43. The summed E-state index contributed by atoms with van der Waals surface area (Å²) in [7, 11) is 0. The number of aliphatic hydroxyl groups excluding tert-OH is 1. The quantitative estimate of drug-likeness (QED) is 0.789. The fraction of sp³-hybridized carbons (Fsp3) is 0.625. The van der Waals surface area contributed by atoms with Crippen molar-refractivity contribution in [3.05, 3.63) is 35.9 Å². The Morgan fingerprint density at radius 3 is 2.39 bits per heavy atom. The first kappa shape index (κ1) is 13.9. The number of aliphatic hydroxyl groups is 1. The maximum absolute atomic E-state index is 10.7. The van der Waals surface area contributed by atoms with E-state index in [4.69, 9.17) is 11.6 Å². The molecule has 1 nitrogen and oxygen atoms in total. The van der Waals surface area contributed by atoms with Crippen LogP contribution in [-0.2, 0) is 5.41 Å². The Morgan fingerprint density at radius 2 is 1.78 bits per heavy atom. The van der Waals surface area contributed by atoms with Gasteiger partial charge in [-0.05, 0) is 31.2 Å². The number of rotatable bonds is 5. The molecule has 0 heterocycles. The molecular weight excluding hydrogens is 244 g/mol. The summed E-state index contributed by atoms with van der Waals surface area (Å²) >= 11 is 5.76. The predicted molar refractivity (Wildman–Crippen MR) is 77.2 cm³/mol. The normalized spacial score (nSPS) is 20.6. The maximum Gasteiger partial charge on any atom is 0.0637 e. The van der Waals surface area contributed by atoms with Crippen LogP contribution in [0.25, 0.3) is 0 Å². The first-order valence-corrected chi connectivity index (χ1v) is 7.62. The van der Waals surface area contributed by atoms with E-state index in [0.29, 0.717) is 5.88 Å². The van der Waals surface area contributed by atoms with Gasteiger partial charge in [-0.2, -0.15) is 0 Å². The lowest BCUT2D eigenvalue weighted by atomic mass is 9.65. The van der Waals surface area contributed by atoms with Crippen LogP contribution in [0.3, 0.4) is 0 Å². The molecule has 0 amide bonds. The average Bonchev–Trinajstić information content (AvgIpc) is 2.46. The standard InChI is InChI=1S/C16H23ClO/c17-13-7-10-15(18)16(11-5-2-6-12-16)14-8-3-1-4-9-14/h1,3-4,8-9,15,18H,2,5-7,10-13H2. The number of hydrogen-bond acceptors (Lipinski definition) is 1. The van der Waals surface area contributed by atoms with Gasteiger partial charge in [0, 0.05) is 11.3 Å². The molecule has 1 unspecified atom stereocenters. The van der Waals surface area contributed by atoms with Crippen molar-refractivity contribution in [1.82, 2.24) is 0 Å². The van der Waals surface area contributed by atoms with Crippen LogP contribution < -0.4 is 0 Å². The number of benzene rings is 1. The van der Waals surface area contributed by atoms with Gasteiger partial charge in [-0.1, -0.05) is 49.6 Å². The Kier molecular flexibility index (Phi) is 5.08. The molecule has 1 aromatic carbocycles. The highest BCUT2D eigenvalue weighted by Gasteiger charge is 2.39. The molecule has 1 aromatic rings. The summed E-state index contributed by atoms with van der Waals surface area (Å²) < 4.78 is 0. The Balaban J connectivity index is 2.22. The highest BCUT2D eigenvalue weighted by Crippen LogP contribution is 2.43. The molecule has 0 spiro atoms. The lowest BCUT2D eigenvalue weighted by Gasteiger charge is -2.42. The van der Waals surface area contributed by atoms with Crippen LogP contribution in [0.2, 0.25) is 0 Å². The zero-order valence-electron chi connectivity index (χ0n) is 10.9. The third-order valence-electron chi connectivity index (χ3n) is 4.34. The minimum absolute atomic E-state index is 0.0223. The van der Waals surface area contributed by atoms with E-state index in [-0.39, 0.29) is 11.5 Å². The largest absolute Gasteiger partial charge is 0.392 e. The van der Waals surface area contributed by atoms with E-state index in [0.717, 1.165) is 25.7 Å². The fourth-order valence-corrected chi connectivity index (χ4v) is 3.47. The van der Waals surface area contributed by atoms with Gasteiger partial charge in [-0.3, -0.25) is 0 Å². The van der Waals surface area contributed by atoms with E-state index in [9.17, 15) is 5.11 Å². The molecule has 0 saturated heterocycles. The summed E-state index contributed by atoms with van der Waals surface area (Å²) in [6, 6.07) is 10.6. The highest BCUT2D eigenvalue weighted by atomic mass is 35.5. The van der Waals surface area contributed by atoms with Crippen molar-refractivity contribution in [3.8, 4) is 0 Å². The predicted octanol–water partition coefficient (Wildman–Crippen LogP) is 4.27. The molecule has 18 heavy (non-hydrogen) atoms. The second-order valence-corrected chi connectivity index (χ2v) is 5.81. The summed E-state index contributed by atoms with van der Waals surface area (Å²) in [5.41, 5.74) is 1.29. The van der Waals surface area contributed by atoms with Crippen molar-refractivity contribution < 1.29 is 5.11 Å². The molecule has 1 atom stereocenters. The van der Waals surface area contributed by atoms with E-state index in [2.05, 4.69) is 24.3 Å².